The zero-order valence-electron chi connectivity index (χ0n) is 21.5. The highest BCUT2D eigenvalue weighted by molar-refractivity contribution is 6.32. The van der Waals surface area contributed by atoms with Gasteiger partial charge in [-0.15, -0.1) is 5.10 Å². The Bertz CT molecular complexity index is 1580. The number of alkyl halides is 3. The van der Waals surface area contributed by atoms with E-state index in [4.69, 9.17) is 21.3 Å². The van der Waals surface area contributed by atoms with Gasteiger partial charge in [-0.1, -0.05) is 24.6 Å². The summed E-state index contributed by atoms with van der Waals surface area (Å²) in [5.41, 5.74) is 0.488. The van der Waals surface area contributed by atoms with Crippen molar-refractivity contribution in [2.24, 2.45) is 0 Å². The maximum absolute atomic E-state index is 13.9. The number of piperazine rings is 1. The van der Waals surface area contributed by atoms with Crippen molar-refractivity contribution in [1.29, 1.82) is 0 Å². The van der Waals surface area contributed by atoms with Gasteiger partial charge in [-0.2, -0.15) is 22.7 Å². The number of hydrogen-bond donors (Lipinski definition) is 2. The van der Waals surface area contributed by atoms with Crippen molar-refractivity contribution in [3.05, 3.63) is 50.9 Å². The third-order valence-corrected chi connectivity index (χ3v) is 7.73. The van der Waals surface area contributed by atoms with E-state index in [2.05, 4.69) is 20.7 Å². The van der Waals surface area contributed by atoms with Crippen molar-refractivity contribution >= 4 is 40.2 Å². The molecule has 1 amide bonds. The van der Waals surface area contributed by atoms with Crippen LogP contribution in [0.1, 0.15) is 48.9 Å². The van der Waals surface area contributed by atoms with E-state index in [1.807, 2.05) is 17.9 Å². The monoisotopic (exact) mass is 578 g/mol. The van der Waals surface area contributed by atoms with Gasteiger partial charge in [-0.05, 0) is 30.5 Å². The Morgan fingerprint density at radius 2 is 2.00 bits per heavy atom. The Labute approximate surface area is 231 Å². The molecule has 0 aromatic carbocycles. The summed E-state index contributed by atoms with van der Waals surface area (Å²) in [7, 11) is 0. The molecule has 212 valence electrons. The molecule has 0 unspecified atom stereocenters. The Balaban J connectivity index is 1.46. The van der Waals surface area contributed by atoms with Crippen LogP contribution in [0.2, 0.25) is 5.15 Å². The fourth-order valence-corrected chi connectivity index (χ4v) is 5.74. The maximum Gasteiger partial charge on any atom is 0.433 e. The van der Waals surface area contributed by atoms with Crippen LogP contribution < -0.4 is 21.1 Å². The number of rotatable bonds is 4. The van der Waals surface area contributed by atoms with E-state index >= 15 is 0 Å². The van der Waals surface area contributed by atoms with Crippen LogP contribution >= 0.6 is 11.6 Å². The quantitative estimate of drug-likeness (QED) is 0.454. The van der Waals surface area contributed by atoms with Crippen LogP contribution in [-0.2, 0) is 15.7 Å². The summed E-state index contributed by atoms with van der Waals surface area (Å²) in [6.45, 7) is 5.46. The van der Waals surface area contributed by atoms with Crippen molar-refractivity contribution in [1.82, 2.24) is 29.5 Å². The number of nitrogens with one attached hydrogen (secondary N) is 2. The fraction of sp³-hybridized carbons (Fsp3) is 0.480. The molecule has 6 heterocycles. The van der Waals surface area contributed by atoms with Crippen molar-refractivity contribution in [2.75, 3.05) is 49.6 Å². The predicted molar refractivity (Wildman–Crippen MR) is 141 cm³/mol. The van der Waals surface area contributed by atoms with Crippen molar-refractivity contribution < 1.29 is 22.7 Å². The van der Waals surface area contributed by atoms with Gasteiger partial charge in [0, 0.05) is 32.1 Å². The molecular formula is C25H26ClF3N8O3. The number of carbonyl (C=O) groups is 1. The molecule has 1 fully saturated rings. The van der Waals surface area contributed by atoms with E-state index in [-0.39, 0.29) is 22.9 Å². The van der Waals surface area contributed by atoms with Crippen molar-refractivity contribution in [2.45, 2.75) is 37.9 Å². The fourth-order valence-electron chi connectivity index (χ4n) is 5.54. The zero-order valence-corrected chi connectivity index (χ0v) is 22.2. The van der Waals surface area contributed by atoms with Gasteiger partial charge in [0.05, 0.1) is 24.6 Å². The molecule has 0 aliphatic carbocycles. The lowest BCUT2D eigenvalue weighted by atomic mass is 10.0. The summed E-state index contributed by atoms with van der Waals surface area (Å²) in [6.07, 6.45) is -1.87. The normalized spacial score (nSPS) is 21.4. The van der Waals surface area contributed by atoms with E-state index in [0.717, 1.165) is 17.7 Å². The number of nitrogens with zero attached hydrogens (tertiary/aromatic N) is 6. The Hall–Kier alpha value is -3.49. The Morgan fingerprint density at radius 1 is 1.23 bits per heavy atom. The first kappa shape index (κ1) is 26.7. The zero-order chi connectivity index (χ0) is 28.2. The molecule has 0 radical (unpaired) electrons. The third-order valence-electron chi connectivity index (χ3n) is 7.44. The van der Waals surface area contributed by atoms with Crippen LogP contribution in [-0.4, -0.2) is 69.4 Å². The maximum atomic E-state index is 13.9. The van der Waals surface area contributed by atoms with Gasteiger partial charge in [0.25, 0.3) is 5.56 Å². The molecule has 15 heteroatoms. The number of aromatic nitrogens is 5. The molecule has 6 rings (SSSR count). The highest BCUT2D eigenvalue weighted by Crippen LogP contribution is 2.42. The highest BCUT2D eigenvalue weighted by atomic mass is 35.5. The molecule has 3 aliphatic heterocycles. The minimum Gasteiger partial charge on any atom is -0.377 e. The summed E-state index contributed by atoms with van der Waals surface area (Å²) >= 11 is 6.02. The van der Waals surface area contributed by atoms with E-state index in [1.165, 1.54) is 4.52 Å². The number of pyridine rings is 1. The molecule has 3 aromatic rings. The molecule has 0 saturated carbocycles. The van der Waals surface area contributed by atoms with Crippen molar-refractivity contribution in [3.63, 3.8) is 0 Å². The van der Waals surface area contributed by atoms with Crippen LogP contribution in [0, 0.1) is 0 Å². The average Bonchev–Trinajstić information content (AvgIpc) is 3.53. The number of fused-ring (bicyclic) bond motifs is 3. The minimum absolute atomic E-state index is 0.0466. The highest BCUT2D eigenvalue weighted by Gasteiger charge is 2.40. The van der Waals surface area contributed by atoms with Crippen molar-refractivity contribution in [3.8, 4) is 0 Å². The SMILES string of the molecule is C[C@@H]1C[C@H](C(=O)Nc2ccc(C(F)(F)F)nc2Cl)n2c1c(N1CCNCC1)c(=O)n1nc(C3=CCOCC3)nc21. The topological polar surface area (TPSA) is 119 Å². The second kappa shape index (κ2) is 10.2. The first-order valence-corrected chi connectivity index (χ1v) is 13.3. The minimum atomic E-state index is -4.67. The molecule has 11 nitrogen and oxygen atoms in total. The summed E-state index contributed by atoms with van der Waals surface area (Å²) < 4.78 is 47.5. The van der Waals surface area contributed by atoms with E-state index in [0.29, 0.717) is 69.4 Å². The number of ether oxygens (including phenoxy) is 1. The lowest BCUT2D eigenvalue weighted by molar-refractivity contribution is -0.141. The van der Waals surface area contributed by atoms with Crippen LogP contribution in [0.25, 0.3) is 11.4 Å². The molecule has 2 N–H and O–H groups in total. The molecular weight excluding hydrogens is 553 g/mol. The van der Waals surface area contributed by atoms with Gasteiger partial charge < -0.3 is 20.3 Å². The van der Waals surface area contributed by atoms with E-state index in [1.54, 1.807) is 4.57 Å². The summed E-state index contributed by atoms with van der Waals surface area (Å²) in [5, 5.41) is 10.00. The van der Waals surface area contributed by atoms with Crippen LogP contribution in [0.5, 0.6) is 0 Å². The van der Waals surface area contributed by atoms with Gasteiger partial charge >= 0.3 is 6.18 Å². The second-order valence-corrected chi connectivity index (χ2v) is 10.4. The Morgan fingerprint density at radius 3 is 2.67 bits per heavy atom. The van der Waals surface area contributed by atoms with Gasteiger partial charge in [-0.25, -0.2) is 4.98 Å². The molecule has 2 atom stereocenters. The molecule has 0 bridgehead atoms. The predicted octanol–water partition coefficient (Wildman–Crippen LogP) is 2.86. The van der Waals surface area contributed by atoms with Gasteiger partial charge in [0.15, 0.2) is 11.0 Å². The number of halogens is 4. The molecule has 3 aromatic heterocycles. The molecule has 1 saturated heterocycles. The first-order chi connectivity index (χ1) is 19.1. The molecule has 3 aliphatic rings. The Kier molecular flexibility index (Phi) is 6.79. The van der Waals surface area contributed by atoms with Gasteiger partial charge in [0.2, 0.25) is 11.7 Å². The standard InChI is InChI=1S/C25H26ClF3N8O3/c1-13-12-16(22(38)31-15-2-3-17(25(27,28)29)32-20(15)26)36-18(13)19(35-8-6-30-7-9-35)23(39)37-24(36)33-21(34-37)14-4-10-40-11-5-14/h2-4,13,16,30H,5-12H2,1H3,(H,31,38)/t13-,16-/m1/s1. The largest absolute Gasteiger partial charge is 0.433 e. The number of amides is 1. The number of hydrogen-bond acceptors (Lipinski definition) is 8. The smallest absolute Gasteiger partial charge is 0.377 e. The van der Waals surface area contributed by atoms with E-state index in [9.17, 15) is 22.8 Å². The van der Waals surface area contributed by atoms with Gasteiger partial charge in [0.1, 0.15) is 17.4 Å². The summed E-state index contributed by atoms with van der Waals surface area (Å²) in [4.78, 5) is 37.6. The first-order valence-electron chi connectivity index (χ1n) is 13.0. The van der Waals surface area contributed by atoms with Gasteiger partial charge in [-0.3, -0.25) is 14.2 Å². The number of carbonyl (C=O) groups excluding carboxylic acids is 1. The molecule has 0 spiro atoms. The molecule has 40 heavy (non-hydrogen) atoms. The van der Waals surface area contributed by atoms with Crippen LogP contribution in [0.15, 0.2) is 23.0 Å². The lowest BCUT2D eigenvalue weighted by Gasteiger charge is -2.31. The van der Waals surface area contributed by atoms with Crippen LogP contribution in [0.4, 0.5) is 24.5 Å². The summed E-state index contributed by atoms with van der Waals surface area (Å²) in [6, 6.07) is 1.01. The third kappa shape index (κ3) is 4.63. The van der Waals surface area contributed by atoms with Crippen LogP contribution in [0.3, 0.4) is 0 Å². The lowest BCUT2D eigenvalue weighted by Crippen LogP contribution is -2.46. The summed E-state index contributed by atoms with van der Waals surface area (Å²) in [5.74, 6) is -0.0913. The number of anilines is 2. The van der Waals surface area contributed by atoms with E-state index < -0.39 is 29.0 Å². The second-order valence-electron chi connectivity index (χ2n) is 10.0. The average molecular weight is 579 g/mol.